The first-order valence-electron chi connectivity index (χ1n) is 10.7. The van der Waals surface area contributed by atoms with E-state index in [1.807, 2.05) is 0 Å². The van der Waals surface area contributed by atoms with E-state index in [9.17, 15) is 14.4 Å². The second-order valence-electron chi connectivity index (χ2n) is 9.89. The summed E-state index contributed by atoms with van der Waals surface area (Å²) in [7, 11) is 0. The van der Waals surface area contributed by atoms with Gasteiger partial charge in [-0.15, -0.1) is 0 Å². The molecule has 5 nitrogen and oxygen atoms in total. The summed E-state index contributed by atoms with van der Waals surface area (Å²) in [4.78, 5) is 35.9. The highest BCUT2D eigenvalue weighted by molar-refractivity contribution is 5.92. The lowest BCUT2D eigenvalue weighted by molar-refractivity contribution is -0.153. The fourth-order valence-corrected chi connectivity index (χ4v) is 7.03. The average Bonchev–Trinajstić information content (AvgIpc) is 2.86. The highest BCUT2D eigenvalue weighted by Gasteiger charge is 2.62. The van der Waals surface area contributed by atoms with Crippen LogP contribution in [-0.2, 0) is 23.9 Å². The van der Waals surface area contributed by atoms with Gasteiger partial charge in [-0.25, -0.2) is 0 Å². The van der Waals surface area contributed by atoms with E-state index in [1.165, 1.54) is 19.4 Å². The lowest BCUT2D eigenvalue weighted by Gasteiger charge is -2.56. The number of carbonyl (C=O) groups is 3. The Morgan fingerprint density at radius 2 is 1.68 bits per heavy atom. The Hall–Kier alpha value is -1.65. The predicted molar refractivity (Wildman–Crippen MR) is 103 cm³/mol. The number of esters is 2. The smallest absolute Gasteiger partial charge is 0.303 e. The molecule has 0 aromatic rings. The van der Waals surface area contributed by atoms with Crippen molar-refractivity contribution in [2.45, 2.75) is 84.8 Å². The van der Waals surface area contributed by atoms with E-state index in [2.05, 4.69) is 19.9 Å². The summed E-state index contributed by atoms with van der Waals surface area (Å²) in [6.07, 6.45) is 8.16. The SMILES string of the molecule is CC(=O)O[C@@H]1CC[C@]2(C)C(=CC[C@H]3[C@H]2CC[C@]2(C)C(=O)[C@H](OC(C)=O)C[C@@H]32)C1. The molecule has 0 bridgehead atoms. The minimum Gasteiger partial charge on any atom is -0.462 e. The Kier molecular flexibility index (Phi) is 4.71. The zero-order valence-corrected chi connectivity index (χ0v) is 17.5. The van der Waals surface area contributed by atoms with Gasteiger partial charge in [0.2, 0.25) is 0 Å². The number of fused-ring (bicyclic) bond motifs is 5. The van der Waals surface area contributed by atoms with E-state index < -0.39 is 6.10 Å². The fourth-order valence-electron chi connectivity index (χ4n) is 7.03. The van der Waals surface area contributed by atoms with Crippen molar-refractivity contribution < 1.29 is 23.9 Å². The highest BCUT2D eigenvalue weighted by Crippen LogP contribution is 2.64. The summed E-state index contributed by atoms with van der Waals surface area (Å²) >= 11 is 0. The topological polar surface area (TPSA) is 69.7 Å². The van der Waals surface area contributed by atoms with E-state index in [1.54, 1.807) is 0 Å². The Bertz CT molecular complexity index is 739. The molecule has 3 fully saturated rings. The molecule has 0 saturated heterocycles. The molecule has 0 radical (unpaired) electrons. The van der Waals surface area contributed by atoms with Crippen LogP contribution < -0.4 is 0 Å². The van der Waals surface area contributed by atoms with Crippen LogP contribution in [0.4, 0.5) is 0 Å². The van der Waals surface area contributed by atoms with Crippen LogP contribution in [0.5, 0.6) is 0 Å². The van der Waals surface area contributed by atoms with Crippen LogP contribution in [0.15, 0.2) is 11.6 Å². The van der Waals surface area contributed by atoms with Gasteiger partial charge in [0.05, 0.1) is 0 Å². The minimum atomic E-state index is -0.566. The second kappa shape index (κ2) is 6.70. The van der Waals surface area contributed by atoms with Gasteiger partial charge in [-0.1, -0.05) is 25.5 Å². The maximum Gasteiger partial charge on any atom is 0.303 e. The molecule has 4 rings (SSSR count). The molecule has 7 atom stereocenters. The normalized spacial score (nSPS) is 44.6. The molecular formula is C23H32O5. The van der Waals surface area contributed by atoms with E-state index in [0.717, 1.165) is 38.5 Å². The van der Waals surface area contributed by atoms with Crippen molar-refractivity contribution in [2.75, 3.05) is 0 Å². The van der Waals surface area contributed by atoms with E-state index in [0.29, 0.717) is 18.3 Å². The average molecular weight is 389 g/mol. The van der Waals surface area contributed by atoms with E-state index in [4.69, 9.17) is 9.47 Å². The van der Waals surface area contributed by atoms with Crippen LogP contribution in [0.3, 0.4) is 0 Å². The molecule has 0 amide bonds. The number of hydrogen-bond acceptors (Lipinski definition) is 5. The monoisotopic (exact) mass is 388 g/mol. The maximum atomic E-state index is 13.0. The quantitative estimate of drug-likeness (QED) is 0.528. The molecular weight excluding hydrogens is 356 g/mol. The largest absolute Gasteiger partial charge is 0.462 e. The van der Waals surface area contributed by atoms with Crippen molar-refractivity contribution in [2.24, 2.45) is 28.6 Å². The predicted octanol–water partition coefficient (Wildman–Crippen LogP) is 3.99. The van der Waals surface area contributed by atoms with E-state index in [-0.39, 0.29) is 40.6 Å². The summed E-state index contributed by atoms with van der Waals surface area (Å²) in [5.74, 6) is 0.861. The van der Waals surface area contributed by atoms with Crippen LogP contribution in [0, 0.1) is 28.6 Å². The van der Waals surface area contributed by atoms with Crippen LogP contribution in [-0.4, -0.2) is 29.9 Å². The molecule has 0 aromatic heterocycles. The number of ketones is 1. The van der Waals surface area contributed by atoms with Crippen LogP contribution in [0.2, 0.25) is 0 Å². The summed E-state index contributed by atoms with van der Waals surface area (Å²) in [6.45, 7) is 7.35. The summed E-state index contributed by atoms with van der Waals surface area (Å²) in [6, 6.07) is 0. The van der Waals surface area contributed by atoms with Crippen molar-refractivity contribution >= 4 is 17.7 Å². The van der Waals surface area contributed by atoms with Crippen molar-refractivity contribution in [3.8, 4) is 0 Å². The Morgan fingerprint density at radius 3 is 2.36 bits per heavy atom. The first-order valence-corrected chi connectivity index (χ1v) is 10.7. The molecule has 0 aromatic carbocycles. The highest BCUT2D eigenvalue weighted by atomic mass is 16.5. The minimum absolute atomic E-state index is 0.00337. The van der Waals surface area contributed by atoms with Crippen LogP contribution >= 0.6 is 0 Å². The molecule has 0 aliphatic heterocycles. The Labute approximate surface area is 167 Å². The van der Waals surface area contributed by atoms with Gasteiger partial charge in [0, 0.05) is 25.7 Å². The van der Waals surface area contributed by atoms with Crippen molar-refractivity contribution in [1.29, 1.82) is 0 Å². The molecule has 4 aliphatic rings. The molecule has 0 heterocycles. The van der Waals surface area contributed by atoms with E-state index >= 15 is 0 Å². The molecule has 5 heteroatoms. The van der Waals surface area contributed by atoms with Gasteiger partial charge in [-0.3, -0.25) is 14.4 Å². The third-order valence-corrected chi connectivity index (χ3v) is 8.41. The number of allylic oxidation sites excluding steroid dienone is 1. The molecule has 3 saturated carbocycles. The molecule has 4 aliphatic carbocycles. The van der Waals surface area contributed by atoms with Crippen molar-refractivity contribution in [1.82, 2.24) is 0 Å². The molecule has 154 valence electrons. The molecule has 0 unspecified atom stereocenters. The van der Waals surface area contributed by atoms with Crippen molar-refractivity contribution in [3.63, 3.8) is 0 Å². The zero-order chi connectivity index (χ0) is 20.3. The summed E-state index contributed by atoms with van der Waals surface area (Å²) in [5.41, 5.74) is 1.21. The maximum absolute atomic E-state index is 13.0. The summed E-state index contributed by atoms with van der Waals surface area (Å²) in [5, 5.41) is 0. The van der Waals surface area contributed by atoms with Crippen molar-refractivity contribution in [3.05, 3.63) is 11.6 Å². The van der Waals surface area contributed by atoms with Gasteiger partial charge in [-0.05, 0) is 61.7 Å². The molecule has 28 heavy (non-hydrogen) atoms. The van der Waals surface area contributed by atoms with Gasteiger partial charge in [0.25, 0.3) is 0 Å². The second-order valence-corrected chi connectivity index (χ2v) is 9.89. The number of hydrogen-bond donors (Lipinski definition) is 0. The van der Waals surface area contributed by atoms with Gasteiger partial charge < -0.3 is 9.47 Å². The van der Waals surface area contributed by atoms with Gasteiger partial charge in [0.15, 0.2) is 11.9 Å². The zero-order valence-electron chi connectivity index (χ0n) is 17.5. The van der Waals surface area contributed by atoms with Gasteiger partial charge >= 0.3 is 11.9 Å². The fraction of sp³-hybridized carbons (Fsp3) is 0.783. The van der Waals surface area contributed by atoms with Crippen LogP contribution in [0.25, 0.3) is 0 Å². The number of ether oxygens (including phenoxy) is 2. The van der Waals surface area contributed by atoms with Gasteiger partial charge in [0.1, 0.15) is 6.10 Å². The number of rotatable bonds is 2. The standard InChI is InChI=1S/C23H32O5/c1-13(24)27-16-7-9-22(3)15(11-16)5-6-17-18(22)8-10-23(4)19(17)12-20(21(23)26)28-14(2)25/h5,16-20H,6-12H2,1-4H3/t16-,17+,18-,19+,20-,22-,23+/m1/s1. The van der Waals surface area contributed by atoms with Crippen LogP contribution in [0.1, 0.15) is 72.6 Å². The Morgan fingerprint density at radius 1 is 1.00 bits per heavy atom. The lowest BCUT2D eigenvalue weighted by atomic mass is 9.48. The lowest BCUT2D eigenvalue weighted by Crippen LogP contribution is -2.50. The molecule has 0 spiro atoms. The Balaban J connectivity index is 1.58. The molecule has 0 N–H and O–H groups in total. The third kappa shape index (κ3) is 2.93. The first-order chi connectivity index (χ1) is 13.1. The first kappa shape index (κ1) is 19.7. The number of Topliss-reactive ketones (excluding diaryl/α,β-unsaturated/α-hetero) is 1. The van der Waals surface area contributed by atoms with Gasteiger partial charge in [-0.2, -0.15) is 0 Å². The third-order valence-electron chi connectivity index (χ3n) is 8.41. The summed E-state index contributed by atoms with van der Waals surface area (Å²) < 4.78 is 10.9. The number of carbonyl (C=O) groups excluding carboxylic acids is 3.